The van der Waals surface area contributed by atoms with Crippen molar-refractivity contribution in [1.29, 1.82) is 0 Å². The molecule has 76 valence electrons. The molecule has 0 radical (unpaired) electrons. The van der Waals surface area contributed by atoms with E-state index in [2.05, 4.69) is 31.7 Å². The van der Waals surface area contributed by atoms with Crippen LogP contribution in [0.2, 0.25) is 0 Å². The SMILES string of the molecule is CC/C(OCc1ccccc1)=C(\C)S. The van der Waals surface area contributed by atoms with Crippen molar-refractivity contribution in [3.63, 3.8) is 0 Å². The first-order valence-electron chi connectivity index (χ1n) is 4.79. The Hall–Kier alpha value is -0.890. The van der Waals surface area contributed by atoms with E-state index in [1.807, 2.05) is 25.1 Å². The maximum atomic E-state index is 5.64. The molecule has 0 aliphatic carbocycles. The molecule has 0 saturated heterocycles. The number of allylic oxidation sites excluding steroid dienone is 2. The van der Waals surface area contributed by atoms with Gasteiger partial charge in [0.2, 0.25) is 0 Å². The van der Waals surface area contributed by atoms with E-state index >= 15 is 0 Å². The number of benzene rings is 1. The van der Waals surface area contributed by atoms with Crippen molar-refractivity contribution in [2.45, 2.75) is 26.9 Å². The van der Waals surface area contributed by atoms with E-state index in [0.717, 1.165) is 17.1 Å². The van der Waals surface area contributed by atoms with Crippen LogP contribution in [0.4, 0.5) is 0 Å². The topological polar surface area (TPSA) is 9.23 Å². The first-order valence-corrected chi connectivity index (χ1v) is 5.24. The molecule has 2 heteroatoms. The summed E-state index contributed by atoms with van der Waals surface area (Å²) in [6, 6.07) is 10.1. The van der Waals surface area contributed by atoms with Gasteiger partial charge in [-0.1, -0.05) is 37.3 Å². The van der Waals surface area contributed by atoms with Crippen molar-refractivity contribution in [2.75, 3.05) is 0 Å². The Labute approximate surface area is 91.2 Å². The maximum Gasteiger partial charge on any atom is 0.113 e. The van der Waals surface area contributed by atoms with Gasteiger partial charge in [0.1, 0.15) is 12.4 Å². The highest BCUT2D eigenvalue weighted by molar-refractivity contribution is 7.84. The standard InChI is InChI=1S/C12H16OS/c1-3-12(10(2)14)13-9-11-7-5-4-6-8-11/h4-8,14H,3,9H2,1-2H3/b12-10-. The van der Waals surface area contributed by atoms with Crippen LogP contribution >= 0.6 is 12.6 Å². The first kappa shape index (κ1) is 11.2. The summed E-state index contributed by atoms with van der Waals surface area (Å²) < 4.78 is 5.64. The largest absolute Gasteiger partial charge is 0.492 e. The van der Waals surface area contributed by atoms with Crippen molar-refractivity contribution < 1.29 is 4.74 Å². The maximum absolute atomic E-state index is 5.64. The summed E-state index contributed by atoms with van der Waals surface area (Å²) in [5.74, 6) is 0.970. The molecule has 0 unspecified atom stereocenters. The second-order valence-corrected chi connectivity index (χ2v) is 3.81. The molecule has 0 amide bonds. The minimum atomic E-state index is 0.627. The Balaban J connectivity index is 2.53. The van der Waals surface area contributed by atoms with Gasteiger partial charge in [-0.15, -0.1) is 12.6 Å². The zero-order valence-electron chi connectivity index (χ0n) is 8.66. The fourth-order valence-corrected chi connectivity index (χ4v) is 1.43. The minimum Gasteiger partial charge on any atom is -0.492 e. The second-order valence-electron chi connectivity index (χ2n) is 3.14. The quantitative estimate of drug-likeness (QED) is 0.585. The van der Waals surface area contributed by atoms with Crippen LogP contribution in [-0.4, -0.2) is 0 Å². The number of rotatable bonds is 4. The molecule has 1 aromatic carbocycles. The highest BCUT2D eigenvalue weighted by Gasteiger charge is 1.98. The molecular formula is C12H16OS. The summed E-state index contributed by atoms with van der Waals surface area (Å²) in [5, 5.41) is 0. The van der Waals surface area contributed by atoms with Gasteiger partial charge in [0, 0.05) is 11.3 Å². The van der Waals surface area contributed by atoms with Crippen LogP contribution in [0.5, 0.6) is 0 Å². The summed E-state index contributed by atoms with van der Waals surface area (Å²) in [5.41, 5.74) is 1.19. The summed E-state index contributed by atoms with van der Waals surface area (Å²) in [4.78, 5) is 0.962. The normalized spacial score (nSPS) is 12.2. The third-order valence-corrected chi connectivity index (χ3v) is 2.23. The molecule has 0 saturated carbocycles. The van der Waals surface area contributed by atoms with Crippen LogP contribution in [-0.2, 0) is 11.3 Å². The monoisotopic (exact) mass is 208 g/mol. The van der Waals surface area contributed by atoms with E-state index in [0.29, 0.717) is 6.61 Å². The molecule has 0 atom stereocenters. The van der Waals surface area contributed by atoms with Crippen molar-refractivity contribution in [1.82, 2.24) is 0 Å². The fraction of sp³-hybridized carbons (Fsp3) is 0.333. The molecule has 0 fully saturated rings. The van der Waals surface area contributed by atoms with E-state index in [1.165, 1.54) is 5.56 Å². The lowest BCUT2D eigenvalue weighted by Gasteiger charge is -2.09. The average molecular weight is 208 g/mol. The molecule has 0 heterocycles. The van der Waals surface area contributed by atoms with Gasteiger partial charge >= 0.3 is 0 Å². The van der Waals surface area contributed by atoms with E-state index in [-0.39, 0.29) is 0 Å². The summed E-state index contributed by atoms with van der Waals surface area (Å²) >= 11 is 4.27. The van der Waals surface area contributed by atoms with Gasteiger partial charge in [-0.2, -0.15) is 0 Å². The minimum absolute atomic E-state index is 0.627. The predicted molar refractivity (Wildman–Crippen MR) is 63.2 cm³/mol. The van der Waals surface area contributed by atoms with E-state index in [1.54, 1.807) is 0 Å². The molecule has 0 spiro atoms. The highest BCUT2D eigenvalue weighted by atomic mass is 32.1. The Kier molecular flexibility index (Phi) is 4.60. The van der Waals surface area contributed by atoms with Crippen LogP contribution in [0.25, 0.3) is 0 Å². The molecule has 14 heavy (non-hydrogen) atoms. The van der Waals surface area contributed by atoms with Crippen molar-refractivity contribution in [3.8, 4) is 0 Å². The second kappa shape index (κ2) is 5.76. The molecular weight excluding hydrogens is 192 g/mol. The highest BCUT2D eigenvalue weighted by Crippen LogP contribution is 2.15. The Bertz CT molecular complexity index is 299. The van der Waals surface area contributed by atoms with Crippen molar-refractivity contribution in [2.24, 2.45) is 0 Å². The number of hydrogen-bond donors (Lipinski definition) is 1. The number of ether oxygens (including phenoxy) is 1. The van der Waals surface area contributed by atoms with Crippen LogP contribution in [0.3, 0.4) is 0 Å². The number of hydrogen-bond acceptors (Lipinski definition) is 2. The van der Waals surface area contributed by atoms with Gasteiger partial charge < -0.3 is 4.74 Å². The van der Waals surface area contributed by atoms with Crippen molar-refractivity contribution in [3.05, 3.63) is 46.6 Å². The molecule has 0 aromatic heterocycles. The number of thiol groups is 1. The predicted octanol–water partition coefficient (Wildman–Crippen LogP) is 3.77. The van der Waals surface area contributed by atoms with Crippen molar-refractivity contribution >= 4 is 12.6 Å². The molecule has 0 aliphatic rings. The van der Waals surface area contributed by atoms with Crippen LogP contribution in [0, 0.1) is 0 Å². The molecule has 1 aromatic rings. The van der Waals surface area contributed by atoms with Crippen LogP contribution < -0.4 is 0 Å². The lowest BCUT2D eigenvalue weighted by Crippen LogP contribution is -1.93. The first-order chi connectivity index (χ1) is 6.74. The Morgan fingerprint density at radius 2 is 1.93 bits per heavy atom. The van der Waals surface area contributed by atoms with Gasteiger partial charge in [0.25, 0.3) is 0 Å². The third kappa shape index (κ3) is 3.46. The molecule has 1 rings (SSSR count). The van der Waals surface area contributed by atoms with Gasteiger partial charge in [-0.3, -0.25) is 0 Å². The average Bonchev–Trinajstić information content (AvgIpc) is 2.20. The Morgan fingerprint density at radius 3 is 2.43 bits per heavy atom. The molecule has 0 N–H and O–H groups in total. The zero-order chi connectivity index (χ0) is 10.4. The molecule has 1 nitrogen and oxygen atoms in total. The van der Waals surface area contributed by atoms with Crippen LogP contribution in [0.1, 0.15) is 25.8 Å². The van der Waals surface area contributed by atoms with Gasteiger partial charge in [0.15, 0.2) is 0 Å². The summed E-state index contributed by atoms with van der Waals surface area (Å²) in [7, 11) is 0. The fourth-order valence-electron chi connectivity index (χ4n) is 1.21. The smallest absolute Gasteiger partial charge is 0.113 e. The van der Waals surface area contributed by atoms with Crippen LogP contribution in [0.15, 0.2) is 41.0 Å². The molecule has 0 bridgehead atoms. The third-order valence-electron chi connectivity index (χ3n) is 1.98. The lowest BCUT2D eigenvalue weighted by atomic mass is 10.2. The van der Waals surface area contributed by atoms with E-state index < -0.39 is 0 Å². The van der Waals surface area contributed by atoms with Gasteiger partial charge in [0.05, 0.1) is 0 Å². The lowest BCUT2D eigenvalue weighted by molar-refractivity contribution is 0.190. The van der Waals surface area contributed by atoms with E-state index in [4.69, 9.17) is 4.74 Å². The van der Waals surface area contributed by atoms with Gasteiger partial charge in [-0.25, -0.2) is 0 Å². The Morgan fingerprint density at radius 1 is 1.29 bits per heavy atom. The zero-order valence-corrected chi connectivity index (χ0v) is 9.55. The summed E-state index contributed by atoms with van der Waals surface area (Å²) in [6.45, 7) is 4.65. The molecule has 0 aliphatic heterocycles. The summed E-state index contributed by atoms with van der Waals surface area (Å²) in [6.07, 6.45) is 0.891. The van der Waals surface area contributed by atoms with E-state index in [9.17, 15) is 0 Å². The van der Waals surface area contributed by atoms with Gasteiger partial charge in [-0.05, 0) is 12.5 Å².